The van der Waals surface area contributed by atoms with Crippen LogP contribution in [0.4, 0.5) is 38.0 Å². The Bertz CT molecular complexity index is 1530. The van der Waals surface area contributed by atoms with E-state index < -0.39 is 29.4 Å². The number of aliphatic carboxylic acids is 1. The third-order valence-corrected chi connectivity index (χ3v) is 9.51. The Morgan fingerprint density at radius 1 is 0.894 bits per heavy atom. The zero-order valence-corrected chi connectivity index (χ0v) is 26.6. The SMILES string of the molecule is CCN(CCC1(CC(=O)O)CCCC1)c1cc2c(cc1CN(Cc1cc(C(F)(F)F)cc(C(F)(F)F)c1)c1nnn(CC)n1)CCC2. The van der Waals surface area contributed by atoms with Crippen LogP contribution in [-0.2, 0) is 49.6 Å². The molecule has 0 radical (unpaired) electrons. The highest BCUT2D eigenvalue weighted by atomic mass is 19.4. The van der Waals surface area contributed by atoms with Crippen LogP contribution in [0.25, 0.3) is 0 Å². The average Bonchev–Trinajstić information content (AvgIpc) is 3.77. The van der Waals surface area contributed by atoms with Crippen LogP contribution in [0.5, 0.6) is 0 Å². The van der Waals surface area contributed by atoms with Crippen LogP contribution >= 0.6 is 0 Å². The Morgan fingerprint density at radius 3 is 2.09 bits per heavy atom. The normalized spacial score (nSPS) is 16.0. The van der Waals surface area contributed by atoms with Gasteiger partial charge in [-0.1, -0.05) is 24.0 Å². The zero-order chi connectivity index (χ0) is 34.0. The van der Waals surface area contributed by atoms with Crippen molar-refractivity contribution in [2.75, 3.05) is 22.9 Å². The van der Waals surface area contributed by atoms with Gasteiger partial charge >= 0.3 is 18.3 Å². The van der Waals surface area contributed by atoms with Crippen molar-refractivity contribution in [2.24, 2.45) is 5.41 Å². The molecule has 2 aromatic carbocycles. The van der Waals surface area contributed by atoms with Gasteiger partial charge in [-0.25, -0.2) is 0 Å². The highest BCUT2D eigenvalue weighted by molar-refractivity contribution is 5.68. The molecule has 0 spiro atoms. The van der Waals surface area contributed by atoms with E-state index in [1.165, 1.54) is 10.4 Å². The van der Waals surface area contributed by atoms with Crippen LogP contribution in [0.1, 0.15) is 92.2 Å². The van der Waals surface area contributed by atoms with Crippen molar-refractivity contribution in [1.29, 1.82) is 0 Å². The molecule has 8 nitrogen and oxygen atoms in total. The van der Waals surface area contributed by atoms with Crippen molar-refractivity contribution in [3.8, 4) is 0 Å². The second-order valence-electron chi connectivity index (χ2n) is 12.8. The standard InChI is InChI=1S/C33H40F6N6O2/c1-3-43(13-12-31(19-29(46)47)10-5-6-11-31)28-17-24-9-7-8-23(24)16-25(28)21-44(30-40-42-45(4-2)41-30)20-22-14-26(32(34,35)36)18-27(15-22)33(37,38)39/h14-18H,3-13,19-21H2,1-2H3,(H,46,47). The van der Waals surface area contributed by atoms with Gasteiger partial charge in [-0.3, -0.25) is 4.79 Å². The quantitative estimate of drug-likeness (QED) is 0.187. The van der Waals surface area contributed by atoms with Crippen LogP contribution < -0.4 is 9.80 Å². The number of carboxylic acids is 1. The number of alkyl halides is 6. The molecule has 14 heteroatoms. The summed E-state index contributed by atoms with van der Waals surface area (Å²) >= 11 is 0. The monoisotopic (exact) mass is 666 g/mol. The van der Waals surface area contributed by atoms with E-state index in [4.69, 9.17) is 0 Å². The fourth-order valence-electron chi connectivity index (χ4n) is 7.09. The second-order valence-corrected chi connectivity index (χ2v) is 12.8. The molecule has 1 N–H and O–H groups in total. The summed E-state index contributed by atoms with van der Waals surface area (Å²) in [6, 6.07) is 5.81. The Hall–Kier alpha value is -3.84. The van der Waals surface area contributed by atoms with Crippen molar-refractivity contribution in [3.05, 3.63) is 63.7 Å². The Kier molecular flexibility index (Phi) is 10.1. The summed E-state index contributed by atoms with van der Waals surface area (Å²) < 4.78 is 82.3. The molecule has 0 bridgehead atoms. The molecule has 256 valence electrons. The summed E-state index contributed by atoms with van der Waals surface area (Å²) in [7, 11) is 0. The van der Waals surface area contributed by atoms with Crippen molar-refractivity contribution in [2.45, 2.75) is 104 Å². The summed E-state index contributed by atoms with van der Waals surface area (Å²) in [6.45, 7) is 5.19. The molecule has 2 aliphatic carbocycles. The van der Waals surface area contributed by atoms with Gasteiger partial charge in [-0.15, -0.1) is 5.10 Å². The maximum absolute atomic E-state index is 13.7. The van der Waals surface area contributed by atoms with E-state index in [2.05, 4.69) is 32.4 Å². The number of carboxylic acid groups (broad SMARTS) is 1. The zero-order valence-electron chi connectivity index (χ0n) is 26.6. The van der Waals surface area contributed by atoms with Crippen molar-refractivity contribution in [1.82, 2.24) is 20.2 Å². The summed E-state index contributed by atoms with van der Waals surface area (Å²) in [6.07, 6.45) is -2.68. The largest absolute Gasteiger partial charge is 0.481 e. The van der Waals surface area contributed by atoms with Gasteiger partial charge < -0.3 is 14.9 Å². The lowest BCUT2D eigenvalue weighted by atomic mass is 9.79. The van der Waals surface area contributed by atoms with E-state index in [0.717, 1.165) is 73.9 Å². The predicted octanol–water partition coefficient (Wildman–Crippen LogP) is 7.68. The van der Waals surface area contributed by atoms with E-state index in [1.807, 2.05) is 6.92 Å². The smallest absolute Gasteiger partial charge is 0.416 e. The predicted molar refractivity (Wildman–Crippen MR) is 164 cm³/mol. The minimum atomic E-state index is -4.98. The molecule has 0 atom stereocenters. The number of rotatable bonds is 13. The molecule has 0 amide bonds. The number of hydrogen-bond acceptors (Lipinski definition) is 6. The molecule has 3 aromatic rings. The summed E-state index contributed by atoms with van der Waals surface area (Å²) in [5.41, 5.74) is 0.873. The fraction of sp³-hybridized carbons (Fsp3) is 0.576. The van der Waals surface area contributed by atoms with Crippen molar-refractivity contribution >= 4 is 17.6 Å². The van der Waals surface area contributed by atoms with Gasteiger partial charge in [-0.05, 0) is 110 Å². The van der Waals surface area contributed by atoms with E-state index in [-0.39, 0.29) is 42.5 Å². The van der Waals surface area contributed by atoms with E-state index in [1.54, 1.807) is 11.8 Å². The van der Waals surface area contributed by atoms with Gasteiger partial charge in [0.25, 0.3) is 5.95 Å². The maximum Gasteiger partial charge on any atom is 0.416 e. The molecule has 2 aliphatic rings. The number of nitrogens with zero attached hydrogens (tertiary/aromatic N) is 6. The van der Waals surface area contributed by atoms with Crippen molar-refractivity contribution < 1.29 is 36.2 Å². The molecule has 1 saturated carbocycles. The van der Waals surface area contributed by atoms with Gasteiger partial charge in [-0.2, -0.15) is 31.1 Å². The molecular formula is C33H40F6N6O2. The van der Waals surface area contributed by atoms with Crippen LogP contribution in [0.2, 0.25) is 0 Å². The minimum Gasteiger partial charge on any atom is -0.481 e. The summed E-state index contributed by atoms with van der Waals surface area (Å²) in [4.78, 5) is 16.8. The molecule has 1 heterocycles. The molecule has 5 rings (SSSR count). The average molecular weight is 667 g/mol. The van der Waals surface area contributed by atoms with Crippen LogP contribution in [0, 0.1) is 5.41 Å². The maximum atomic E-state index is 13.7. The Labute approximate surface area is 269 Å². The van der Waals surface area contributed by atoms with Crippen molar-refractivity contribution in [3.63, 3.8) is 0 Å². The number of carbonyl (C=O) groups is 1. The fourth-order valence-corrected chi connectivity index (χ4v) is 7.09. The van der Waals surface area contributed by atoms with Crippen LogP contribution in [0.3, 0.4) is 0 Å². The third kappa shape index (κ3) is 8.18. The molecule has 0 saturated heterocycles. The molecule has 47 heavy (non-hydrogen) atoms. The highest BCUT2D eigenvalue weighted by Gasteiger charge is 2.38. The summed E-state index contributed by atoms with van der Waals surface area (Å²) in [5, 5.41) is 22.1. The van der Waals surface area contributed by atoms with E-state index in [0.29, 0.717) is 26.1 Å². The highest BCUT2D eigenvalue weighted by Crippen LogP contribution is 2.45. The van der Waals surface area contributed by atoms with Gasteiger partial charge in [0.1, 0.15) is 0 Å². The number of aromatic nitrogens is 4. The lowest BCUT2D eigenvalue weighted by Crippen LogP contribution is -2.32. The number of fused-ring (bicyclic) bond motifs is 1. The first-order valence-corrected chi connectivity index (χ1v) is 16.1. The molecule has 1 fully saturated rings. The number of benzene rings is 2. The first-order chi connectivity index (χ1) is 22.2. The van der Waals surface area contributed by atoms with Crippen LogP contribution in [-0.4, -0.2) is 44.4 Å². The minimum absolute atomic E-state index is 0.0821. The van der Waals surface area contributed by atoms with Gasteiger partial charge in [0.2, 0.25) is 0 Å². The van der Waals surface area contributed by atoms with Gasteiger partial charge in [0, 0.05) is 31.9 Å². The number of anilines is 2. The third-order valence-electron chi connectivity index (χ3n) is 9.51. The Morgan fingerprint density at radius 2 is 1.53 bits per heavy atom. The topological polar surface area (TPSA) is 87.4 Å². The van der Waals surface area contributed by atoms with E-state index in [9.17, 15) is 36.2 Å². The lowest BCUT2D eigenvalue weighted by molar-refractivity contribution is -0.143. The Balaban J connectivity index is 1.52. The summed E-state index contributed by atoms with van der Waals surface area (Å²) in [5.74, 6) is -0.724. The molecule has 1 aromatic heterocycles. The van der Waals surface area contributed by atoms with E-state index >= 15 is 0 Å². The molecule has 0 aliphatic heterocycles. The number of halogens is 6. The number of tetrazole rings is 1. The van der Waals surface area contributed by atoms with Crippen LogP contribution in [0.15, 0.2) is 30.3 Å². The molecule has 0 unspecified atom stereocenters. The first kappa shape index (κ1) is 34.5. The first-order valence-electron chi connectivity index (χ1n) is 16.1. The van der Waals surface area contributed by atoms with Gasteiger partial charge in [0.15, 0.2) is 0 Å². The number of hydrogen-bond donors (Lipinski definition) is 1. The second kappa shape index (κ2) is 13.7. The molecular weight excluding hydrogens is 626 g/mol. The number of aryl methyl sites for hydroxylation is 3. The lowest BCUT2D eigenvalue weighted by Gasteiger charge is -2.34. The van der Waals surface area contributed by atoms with Gasteiger partial charge in [0.05, 0.1) is 24.1 Å².